The molecule has 0 unspecified atom stereocenters. The largest absolute Gasteiger partial charge is 0.417 e. The number of nitrogens with one attached hydrogen (secondary N) is 1. The molecule has 3 aromatic rings. The Bertz CT molecular complexity index is 1540. The molecular weight excluding hydrogens is 610 g/mol. The third-order valence-electron chi connectivity index (χ3n) is 6.79. The maximum atomic E-state index is 14.8. The van der Waals surface area contributed by atoms with Crippen LogP contribution in [0.4, 0.5) is 23.2 Å². The van der Waals surface area contributed by atoms with Crippen LogP contribution in [0.25, 0.3) is 0 Å². The van der Waals surface area contributed by atoms with Gasteiger partial charge in [-0.25, -0.2) is 12.8 Å². The minimum atomic E-state index is -4.90. The van der Waals surface area contributed by atoms with E-state index in [0.29, 0.717) is 22.4 Å². The van der Waals surface area contributed by atoms with E-state index in [0.717, 1.165) is 23.3 Å². The summed E-state index contributed by atoms with van der Waals surface area (Å²) in [5.74, 6) is -2.15. The van der Waals surface area contributed by atoms with Crippen molar-refractivity contribution in [2.45, 2.75) is 51.5 Å². The van der Waals surface area contributed by atoms with E-state index in [4.69, 9.17) is 11.6 Å². The van der Waals surface area contributed by atoms with Crippen LogP contribution in [0.1, 0.15) is 37.0 Å². The molecule has 0 radical (unpaired) electrons. The first-order chi connectivity index (χ1) is 20.1. The lowest BCUT2D eigenvalue weighted by Crippen LogP contribution is -2.54. The summed E-state index contributed by atoms with van der Waals surface area (Å²) in [4.78, 5) is 28.7. The Kier molecular flexibility index (Phi) is 11.2. The molecule has 0 aliphatic heterocycles. The van der Waals surface area contributed by atoms with E-state index in [1.165, 1.54) is 18.2 Å². The second-order valence-corrected chi connectivity index (χ2v) is 12.4. The van der Waals surface area contributed by atoms with Crippen molar-refractivity contribution in [2.75, 3.05) is 17.1 Å². The predicted molar refractivity (Wildman–Crippen MR) is 157 cm³/mol. The van der Waals surface area contributed by atoms with Gasteiger partial charge < -0.3 is 10.2 Å². The number of carbonyl (C=O) groups is 2. The normalized spacial score (nSPS) is 13.2. The Labute approximate surface area is 253 Å². The summed E-state index contributed by atoms with van der Waals surface area (Å²) < 4.78 is 81.7. The molecule has 43 heavy (non-hydrogen) atoms. The Morgan fingerprint density at radius 3 is 2.21 bits per heavy atom. The Morgan fingerprint density at radius 2 is 1.63 bits per heavy atom. The number of rotatable bonds is 12. The van der Waals surface area contributed by atoms with Crippen LogP contribution in [0, 0.1) is 5.82 Å². The van der Waals surface area contributed by atoms with Crippen LogP contribution in [0.15, 0.2) is 72.8 Å². The van der Waals surface area contributed by atoms with Crippen LogP contribution in [-0.4, -0.2) is 50.0 Å². The quantitative estimate of drug-likeness (QED) is 0.253. The second kappa shape index (κ2) is 14.2. The third-order valence-corrected chi connectivity index (χ3v) is 8.26. The predicted octanol–water partition coefficient (Wildman–Crippen LogP) is 5.82. The SMILES string of the molecule is CC[C@H](C)NC(=O)[C@@H](Cc1ccccc1)N(Cc1ccccc1F)C(=O)CN(c1ccc(Cl)c(C(F)(F)F)c1)S(C)(=O)=O. The lowest BCUT2D eigenvalue weighted by atomic mass is 10.0. The van der Waals surface area contributed by atoms with Gasteiger partial charge in [0.2, 0.25) is 21.8 Å². The van der Waals surface area contributed by atoms with E-state index in [-0.39, 0.29) is 18.0 Å². The monoisotopic (exact) mass is 641 g/mol. The molecule has 0 saturated heterocycles. The summed E-state index contributed by atoms with van der Waals surface area (Å²) in [6.07, 6.45) is -3.58. The van der Waals surface area contributed by atoms with Crippen molar-refractivity contribution in [3.8, 4) is 0 Å². The zero-order valence-electron chi connectivity index (χ0n) is 23.7. The van der Waals surface area contributed by atoms with Crippen molar-refractivity contribution < 1.29 is 35.6 Å². The van der Waals surface area contributed by atoms with Crippen molar-refractivity contribution in [2.24, 2.45) is 0 Å². The highest BCUT2D eigenvalue weighted by Crippen LogP contribution is 2.37. The molecule has 0 aromatic heterocycles. The van der Waals surface area contributed by atoms with Gasteiger partial charge in [0.25, 0.3) is 0 Å². The number of hydrogen-bond acceptors (Lipinski definition) is 4. The van der Waals surface area contributed by atoms with Gasteiger partial charge in [-0.2, -0.15) is 13.2 Å². The van der Waals surface area contributed by atoms with Crippen molar-refractivity contribution in [1.29, 1.82) is 0 Å². The first-order valence-electron chi connectivity index (χ1n) is 13.3. The number of halogens is 5. The van der Waals surface area contributed by atoms with Gasteiger partial charge in [-0.1, -0.05) is 67.1 Å². The number of nitrogens with zero attached hydrogens (tertiary/aromatic N) is 2. The van der Waals surface area contributed by atoms with Crippen molar-refractivity contribution >= 4 is 39.1 Å². The number of alkyl halides is 3. The van der Waals surface area contributed by atoms with E-state index in [1.54, 1.807) is 43.3 Å². The number of hydrogen-bond donors (Lipinski definition) is 1. The molecule has 0 aliphatic rings. The molecule has 2 atom stereocenters. The lowest BCUT2D eigenvalue weighted by molar-refractivity contribution is -0.140. The first-order valence-corrected chi connectivity index (χ1v) is 15.6. The standard InChI is InChI=1S/C30H32ClF4N3O4S/c1-4-20(2)36-29(40)27(16-21-10-6-5-7-11-21)37(18-22-12-8-9-13-26(22)32)28(39)19-38(43(3,41)42)23-14-15-25(31)24(17-23)30(33,34)35/h5-15,17,20,27H,4,16,18-19H2,1-3H3,(H,36,40)/t20-,27+/m0/s1. The van der Waals surface area contributed by atoms with E-state index in [1.807, 2.05) is 6.92 Å². The molecule has 0 aliphatic carbocycles. The number of sulfonamides is 1. The molecule has 0 fully saturated rings. The summed E-state index contributed by atoms with van der Waals surface area (Å²) in [5, 5.41) is 2.18. The van der Waals surface area contributed by atoms with Crippen molar-refractivity contribution in [3.63, 3.8) is 0 Å². The van der Waals surface area contributed by atoms with Gasteiger partial charge >= 0.3 is 6.18 Å². The van der Waals surface area contributed by atoms with Gasteiger partial charge in [0, 0.05) is 24.6 Å². The highest BCUT2D eigenvalue weighted by atomic mass is 35.5. The fraction of sp³-hybridized carbons (Fsp3) is 0.333. The van der Waals surface area contributed by atoms with E-state index < -0.39 is 69.2 Å². The average molecular weight is 642 g/mol. The summed E-state index contributed by atoms with van der Waals surface area (Å²) >= 11 is 5.72. The fourth-order valence-corrected chi connectivity index (χ4v) is 5.37. The molecule has 0 spiro atoms. The topological polar surface area (TPSA) is 86.8 Å². The maximum absolute atomic E-state index is 14.8. The van der Waals surface area contributed by atoms with Crippen molar-refractivity contribution in [3.05, 3.63) is 100 Å². The molecule has 0 bridgehead atoms. The molecule has 13 heteroatoms. The van der Waals surface area contributed by atoms with Crippen LogP contribution in [-0.2, 0) is 38.8 Å². The van der Waals surface area contributed by atoms with E-state index in [9.17, 15) is 35.6 Å². The number of amides is 2. The highest BCUT2D eigenvalue weighted by Gasteiger charge is 2.36. The van der Waals surface area contributed by atoms with Gasteiger partial charge in [0.15, 0.2) is 0 Å². The summed E-state index contributed by atoms with van der Waals surface area (Å²) in [7, 11) is -4.33. The number of carbonyl (C=O) groups excluding carboxylic acids is 2. The van der Waals surface area contributed by atoms with Gasteiger partial charge in [-0.05, 0) is 43.2 Å². The van der Waals surface area contributed by atoms with Crippen LogP contribution in [0.2, 0.25) is 5.02 Å². The maximum Gasteiger partial charge on any atom is 0.417 e. The smallest absolute Gasteiger partial charge is 0.352 e. The molecular formula is C30H32ClF4N3O4S. The highest BCUT2D eigenvalue weighted by molar-refractivity contribution is 7.92. The Morgan fingerprint density at radius 1 is 1.00 bits per heavy atom. The van der Waals surface area contributed by atoms with E-state index >= 15 is 0 Å². The lowest BCUT2D eigenvalue weighted by Gasteiger charge is -2.34. The third kappa shape index (κ3) is 9.17. The van der Waals surface area contributed by atoms with Gasteiger partial charge in [-0.3, -0.25) is 13.9 Å². The summed E-state index contributed by atoms with van der Waals surface area (Å²) in [6.45, 7) is 2.24. The van der Waals surface area contributed by atoms with E-state index in [2.05, 4.69) is 5.32 Å². The summed E-state index contributed by atoms with van der Waals surface area (Å²) in [5.41, 5.74) is -1.01. The minimum absolute atomic E-state index is 0.00133. The molecule has 0 heterocycles. The van der Waals surface area contributed by atoms with Crippen LogP contribution in [0.3, 0.4) is 0 Å². The molecule has 3 aromatic carbocycles. The first kappa shape index (κ1) is 33.9. The van der Waals surface area contributed by atoms with Crippen LogP contribution in [0.5, 0.6) is 0 Å². The van der Waals surface area contributed by atoms with Crippen LogP contribution < -0.4 is 9.62 Å². The Hall–Kier alpha value is -3.64. The van der Waals surface area contributed by atoms with Crippen molar-refractivity contribution in [1.82, 2.24) is 10.2 Å². The molecule has 2 amide bonds. The average Bonchev–Trinajstić information content (AvgIpc) is 2.94. The molecule has 7 nitrogen and oxygen atoms in total. The zero-order chi connectivity index (χ0) is 31.9. The molecule has 1 N–H and O–H groups in total. The second-order valence-electron chi connectivity index (χ2n) is 10.1. The summed E-state index contributed by atoms with van der Waals surface area (Å²) in [6, 6.07) is 15.3. The van der Waals surface area contributed by atoms with Gasteiger partial charge in [0.1, 0.15) is 18.4 Å². The minimum Gasteiger partial charge on any atom is -0.352 e. The van der Waals surface area contributed by atoms with Gasteiger partial charge in [-0.15, -0.1) is 0 Å². The molecule has 232 valence electrons. The molecule has 0 saturated carbocycles. The number of benzene rings is 3. The Balaban J connectivity index is 2.12. The fourth-order valence-electron chi connectivity index (χ4n) is 4.30. The molecule has 3 rings (SSSR count). The van der Waals surface area contributed by atoms with Gasteiger partial charge in [0.05, 0.1) is 22.5 Å². The number of anilines is 1. The zero-order valence-corrected chi connectivity index (χ0v) is 25.3. The van der Waals surface area contributed by atoms with Crippen LogP contribution >= 0.6 is 11.6 Å².